The maximum Gasteiger partial charge on any atom is 0.416 e. The van der Waals surface area contributed by atoms with E-state index in [-0.39, 0.29) is 0 Å². The van der Waals surface area contributed by atoms with Crippen LogP contribution in [0.1, 0.15) is 43.7 Å². The summed E-state index contributed by atoms with van der Waals surface area (Å²) >= 11 is 0. The first-order valence-corrected chi connectivity index (χ1v) is 6.21. The minimum atomic E-state index is -4.38. The Morgan fingerprint density at radius 3 is 2.42 bits per heavy atom. The number of ether oxygens (including phenoxy) is 1. The maximum atomic E-state index is 12.7. The molecule has 0 radical (unpaired) electrons. The standard InChI is InChI=1S/C14H15F3O2/c1-10(18)19-13(7-2-3-8-13)11-5-4-6-12(9-11)14(15,16)17/h4-6,9H,2-3,7-8H2,1H3. The molecule has 5 heteroatoms. The van der Waals surface area contributed by atoms with Gasteiger partial charge in [0.2, 0.25) is 0 Å². The van der Waals surface area contributed by atoms with Gasteiger partial charge in [-0.05, 0) is 43.4 Å². The average molecular weight is 272 g/mol. The van der Waals surface area contributed by atoms with Crippen LogP contribution in [0.2, 0.25) is 0 Å². The molecule has 0 bridgehead atoms. The van der Waals surface area contributed by atoms with Gasteiger partial charge in [0.05, 0.1) is 5.56 Å². The molecule has 19 heavy (non-hydrogen) atoms. The van der Waals surface area contributed by atoms with Crippen LogP contribution >= 0.6 is 0 Å². The Bertz CT molecular complexity index is 474. The van der Waals surface area contributed by atoms with E-state index in [0.29, 0.717) is 18.4 Å². The second-order valence-electron chi connectivity index (χ2n) is 4.87. The van der Waals surface area contributed by atoms with Crippen molar-refractivity contribution in [2.24, 2.45) is 0 Å². The van der Waals surface area contributed by atoms with E-state index in [1.165, 1.54) is 13.0 Å². The molecule has 1 aromatic rings. The molecule has 0 saturated heterocycles. The minimum Gasteiger partial charge on any atom is -0.454 e. The molecule has 1 aliphatic carbocycles. The summed E-state index contributed by atoms with van der Waals surface area (Å²) in [6.45, 7) is 1.29. The van der Waals surface area contributed by atoms with Gasteiger partial charge in [-0.15, -0.1) is 0 Å². The molecule has 2 rings (SSSR count). The van der Waals surface area contributed by atoms with E-state index >= 15 is 0 Å². The van der Waals surface area contributed by atoms with Crippen molar-refractivity contribution >= 4 is 5.97 Å². The van der Waals surface area contributed by atoms with Crippen molar-refractivity contribution in [3.8, 4) is 0 Å². The topological polar surface area (TPSA) is 26.3 Å². The zero-order valence-electron chi connectivity index (χ0n) is 10.6. The molecule has 0 amide bonds. The smallest absolute Gasteiger partial charge is 0.416 e. The highest BCUT2D eigenvalue weighted by Gasteiger charge is 2.40. The van der Waals surface area contributed by atoms with Crippen LogP contribution in [0.25, 0.3) is 0 Å². The normalized spacial score (nSPS) is 18.3. The summed E-state index contributed by atoms with van der Waals surface area (Å²) in [4.78, 5) is 11.2. The van der Waals surface area contributed by atoms with Crippen LogP contribution in [-0.2, 0) is 21.3 Å². The van der Waals surface area contributed by atoms with Crippen LogP contribution in [0.15, 0.2) is 24.3 Å². The molecule has 0 N–H and O–H groups in total. The number of esters is 1. The summed E-state index contributed by atoms with van der Waals surface area (Å²) in [5, 5.41) is 0. The molecular formula is C14H15F3O2. The van der Waals surface area contributed by atoms with Crippen molar-refractivity contribution in [3.63, 3.8) is 0 Å². The molecule has 1 aliphatic rings. The van der Waals surface area contributed by atoms with E-state index in [4.69, 9.17) is 4.74 Å². The molecule has 0 atom stereocenters. The Labute approximate surface area is 109 Å². The Hall–Kier alpha value is -1.52. The van der Waals surface area contributed by atoms with Crippen molar-refractivity contribution < 1.29 is 22.7 Å². The molecule has 2 nitrogen and oxygen atoms in total. The minimum absolute atomic E-state index is 0.440. The van der Waals surface area contributed by atoms with E-state index in [0.717, 1.165) is 25.0 Å². The Balaban J connectivity index is 2.40. The van der Waals surface area contributed by atoms with E-state index in [2.05, 4.69) is 0 Å². The predicted octanol–water partition coefficient (Wildman–Crippen LogP) is 4.04. The van der Waals surface area contributed by atoms with Gasteiger partial charge in [-0.3, -0.25) is 4.79 Å². The van der Waals surface area contributed by atoms with Gasteiger partial charge in [0.25, 0.3) is 0 Å². The number of carbonyl (C=O) groups is 1. The van der Waals surface area contributed by atoms with E-state index in [9.17, 15) is 18.0 Å². The van der Waals surface area contributed by atoms with Gasteiger partial charge in [0.1, 0.15) is 5.60 Å². The first kappa shape index (κ1) is 13.9. The van der Waals surface area contributed by atoms with Gasteiger partial charge in [0.15, 0.2) is 0 Å². The van der Waals surface area contributed by atoms with Crippen molar-refractivity contribution in [3.05, 3.63) is 35.4 Å². The molecule has 1 fully saturated rings. The lowest BCUT2D eigenvalue weighted by molar-refractivity contribution is -0.157. The number of hydrogen-bond acceptors (Lipinski definition) is 2. The van der Waals surface area contributed by atoms with Crippen LogP contribution < -0.4 is 0 Å². The van der Waals surface area contributed by atoms with Crippen molar-refractivity contribution in [1.82, 2.24) is 0 Å². The quantitative estimate of drug-likeness (QED) is 0.759. The first-order valence-electron chi connectivity index (χ1n) is 6.21. The zero-order valence-corrected chi connectivity index (χ0v) is 10.6. The predicted molar refractivity (Wildman–Crippen MR) is 63.4 cm³/mol. The van der Waals surface area contributed by atoms with Crippen LogP contribution in [0.5, 0.6) is 0 Å². The van der Waals surface area contributed by atoms with E-state index < -0.39 is 23.3 Å². The summed E-state index contributed by atoms with van der Waals surface area (Å²) < 4.78 is 43.5. The van der Waals surface area contributed by atoms with E-state index in [1.54, 1.807) is 6.07 Å². The summed E-state index contributed by atoms with van der Waals surface area (Å²) in [5.74, 6) is -0.459. The third kappa shape index (κ3) is 2.91. The number of carbonyl (C=O) groups excluding carboxylic acids is 1. The highest BCUT2D eigenvalue weighted by Crippen LogP contribution is 2.43. The molecule has 0 aliphatic heterocycles. The summed E-state index contributed by atoms with van der Waals surface area (Å²) in [6.07, 6.45) is -1.53. The highest BCUT2D eigenvalue weighted by atomic mass is 19.4. The summed E-state index contributed by atoms with van der Waals surface area (Å²) in [6, 6.07) is 5.08. The highest BCUT2D eigenvalue weighted by molar-refractivity contribution is 5.67. The lowest BCUT2D eigenvalue weighted by Gasteiger charge is -2.29. The Morgan fingerprint density at radius 2 is 1.89 bits per heavy atom. The number of halogens is 3. The lowest BCUT2D eigenvalue weighted by Crippen LogP contribution is -2.28. The van der Waals surface area contributed by atoms with Crippen molar-refractivity contribution in [2.45, 2.75) is 44.4 Å². The second kappa shape index (κ2) is 4.87. The molecule has 0 aromatic heterocycles. The molecule has 0 unspecified atom stereocenters. The van der Waals surface area contributed by atoms with Crippen LogP contribution in [-0.4, -0.2) is 5.97 Å². The fraction of sp³-hybridized carbons (Fsp3) is 0.500. The number of rotatable bonds is 2. The monoisotopic (exact) mass is 272 g/mol. The number of hydrogen-bond donors (Lipinski definition) is 0. The fourth-order valence-electron chi connectivity index (χ4n) is 2.65. The van der Waals surface area contributed by atoms with Gasteiger partial charge in [-0.25, -0.2) is 0 Å². The largest absolute Gasteiger partial charge is 0.454 e. The van der Waals surface area contributed by atoms with Crippen molar-refractivity contribution in [1.29, 1.82) is 0 Å². The number of alkyl halides is 3. The van der Waals surface area contributed by atoms with Gasteiger partial charge >= 0.3 is 12.1 Å². The molecule has 1 saturated carbocycles. The Morgan fingerprint density at radius 1 is 1.26 bits per heavy atom. The summed E-state index contributed by atoms with van der Waals surface area (Å²) in [7, 11) is 0. The Kier molecular flexibility index (Phi) is 3.56. The third-order valence-corrected chi connectivity index (χ3v) is 3.47. The van der Waals surface area contributed by atoms with Crippen molar-refractivity contribution in [2.75, 3.05) is 0 Å². The zero-order chi connectivity index (χ0) is 14.1. The molecule has 1 aromatic carbocycles. The fourth-order valence-corrected chi connectivity index (χ4v) is 2.65. The third-order valence-electron chi connectivity index (χ3n) is 3.47. The SMILES string of the molecule is CC(=O)OC1(c2cccc(C(F)(F)F)c2)CCCC1. The summed E-state index contributed by atoms with van der Waals surface area (Å²) in [5.41, 5.74) is -1.15. The van der Waals surface area contributed by atoms with E-state index in [1.807, 2.05) is 0 Å². The molecule has 0 heterocycles. The van der Waals surface area contributed by atoms with Gasteiger partial charge in [-0.1, -0.05) is 12.1 Å². The van der Waals surface area contributed by atoms with Gasteiger partial charge in [-0.2, -0.15) is 13.2 Å². The second-order valence-corrected chi connectivity index (χ2v) is 4.87. The van der Waals surface area contributed by atoms with Crippen LogP contribution in [0, 0.1) is 0 Å². The number of benzene rings is 1. The average Bonchev–Trinajstić information content (AvgIpc) is 2.77. The van der Waals surface area contributed by atoms with Crippen LogP contribution in [0.3, 0.4) is 0 Å². The maximum absolute atomic E-state index is 12.7. The molecule has 104 valence electrons. The van der Waals surface area contributed by atoms with Gasteiger partial charge in [0, 0.05) is 6.92 Å². The molecular weight excluding hydrogens is 257 g/mol. The van der Waals surface area contributed by atoms with Gasteiger partial charge < -0.3 is 4.74 Å². The first-order chi connectivity index (χ1) is 8.83. The van der Waals surface area contributed by atoms with Crippen LogP contribution in [0.4, 0.5) is 13.2 Å². The molecule has 0 spiro atoms. The lowest BCUT2D eigenvalue weighted by atomic mass is 9.90.